The van der Waals surface area contributed by atoms with Gasteiger partial charge in [-0.2, -0.15) is 11.3 Å². The Morgan fingerprint density at radius 3 is 3.08 bits per heavy atom. The molecule has 0 bridgehead atoms. The SMILES string of the molecule is CC1CN(c2ccsc2)CCC1=O. The lowest BCUT2D eigenvalue weighted by atomic mass is 9.98. The molecule has 0 aromatic carbocycles. The maximum atomic E-state index is 11.3. The molecule has 0 aliphatic carbocycles. The zero-order valence-electron chi connectivity index (χ0n) is 7.69. The standard InChI is InChI=1S/C10H13NOS/c1-8-6-11(4-2-10(8)12)9-3-5-13-7-9/h3,5,7-8H,2,4,6H2,1H3. The van der Waals surface area contributed by atoms with Gasteiger partial charge in [-0.1, -0.05) is 6.92 Å². The number of nitrogens with zero attached hydrogens (tertiary/aromatic N) is 1. The lowest BCUT2D eigenvalue weighted by Crippen LogP contribution is -2.39. The summed E-state index contributed by atoms with van der Waals surface area (Å²) in [6.07, 6.45) is 0.705. The van der Waals surface area contributed by atoms with E-state index in [4.69, 9.17) is 0 Å². The molecule has 0 radical (unpaired) electrons. The Morgan fingerprint density at radius 2 is 2.46 bits per heavy atom. The maximum Gasteiger partial charge on any atom is 0.139 e. The number of hydrogen-bond acceptors (Lipinski definition) is 3. The van der Waals surface area contributed by atoms with Crippen LogP contribution in [0.1, 0.15) is 13.3 Å². The molecule has 1 aromatic heterocycles. The number of piperidine rings is 1. The molecule has 1 aliphatic heterocycles. The number of ketones is 1. The number of carbonyl (C=O) groups excluding carboxylic acids is 1. The summed E-state index contributed by atoms with van der Waals surface area (Å²) in [6.45, 7) is 3.79. The van der Waals surface area contributed by atoms with Crippen molar-refractivity contribution in [3.05, 3.63) is 16.8 Å². The van der Waals surface area contributed by atoms with E-state index >= 15 is 0 Å². The van der Waals surface area contributed by atoms with Gasteiger partial charge >= 0.3 is 0 Å². The fourth-order valence-electron chi connectivity index (χ4n) is 1.69. The van der Waals surface area contributed by atoms with Gasteiger partial charge in [-0.05, 0) is 11.4 Å². The number of carbonyl (C=O) groups is 1. The predicted octanol–water partition coefficient (Wildman–Crippen LogP) is 2.16. The van der Waals surface area contributed by atoms with E-state index in [1.54, 1.807) is 11.3 Å². The van der Waals surface area contributed by atoms with Crippen molar-refractivity contribution in [1.29, 1.82) is 0 Å². The normalized spacial score (nSPS) is 23.6. The van der Waals surface area contributed by atoms with E-state index in [0.29, 0.717) is 12.2 Å². The van der Waals surface area contributed by atoms with E-state index < -0.39 is 0 Å². The molecule has 1 atom stereocenters. The molecular formula is C10H13NOS. The summed E-state index contributed by atoms with van der Waals surface area (Å²) in [4.78, 5) is 13.6. The Hall–Kier alpha value is -0.830. The highest BCUT2D eigenvalue weighted by Gasteiger charge is 2.23. The van der Waals surface area contributed by atoms with Crippen LogP contribution in [0.2, 0.25) is 0 Å². The van der Waals surface area contributed by atoms with Gasteiger partial charge < -0.3 is 4.90 Å². The third-order valence-corrected chi connectivity index (χ3v) is 3.21. The zero-order chi connectivity index (χ0) is 9.26. The van der Waals surface area contributed by atoms with Crippen LogP contribution in [0.25, 0.3) is 0 Å². The van der Waals surface area contributed by atoms with Crippen molar-refractivity contribution in [1.82, 2.24) is 0 Å². The minimum absolute atomic E-state index is 0.202. The van der Waals surface area contributed by atoms with Gasteiger partial charge in [-0.25, -0.2) is 0 Å². The largest absolute Gasteiger partial charge is 0.370 e. The minimum atomic E-state index is 0.202. The third kappa shape index (κ3) is 1.75. The molecule has 2 nitrogen and oxygen atoms in total. The first-order valence-corrected chi connectivity index (χ1v) is 5.51. The summed E-state index contributed by atoms with van der Waals surface area (Å²) in [5, 5.41) is 4.22. The third-order valence-electron chi connectivity index (χ3n) is 2.54. The number of rotatable bonds is 1. The van der Waals surface area contributed by atoms with E-state index in [0.717, 1.165) is 13.1 Å². The monoisotopic (exact) mass is 195 g/mol. The van der Waals surface area contributed by atoms with Crippen LogP contribution in [0, 0.1) is 5.92 Å². The first kappa shape index (κ1) is 8.75. The lowest BCUT2D eigenvalue weighted by Gasteiger charge is -2.30. The molecule has 1 saturated heterocycles. The second-order valence-corrected chi connectivity index (χ2v) is 4.32. The molecule has 13 heavy (non-hydrogen) atoms. The second kappa shape index (κ2) is 3.50. The summed E-state index contributed by atoms with van der Waals surface area (Å²) in [5.41, 5.74) is 1.27. The molecule has 1 unspecified atom stereocenters. The van der Waals surface area contributed by atoms with E-state index in [1.165, 1.54) is 5.69 Å². The van der Waals surface area contributed by atoms with Crippen LogP contribution >= 0.6 is 11.3 Å². The van der Waals surface area contributed by atoms with Crippen LogP contribution in [-0.2, 0) is 4.79 Å². The minimum Gasteiger partial charge on any atom is -0.370 e. The Bertz CT molecular complexity index is 294. The Labute approximate surface area is 82.2 Å². The maximum absolute atomic E-state index is 11.3. The topological polar surface area (TPSA) is 20.3 Å². The quantitative estimate of drug-likeness (QED) is 0.684. The first-order chi connectivity index (χ1) is 6.27. The first-order valence-electron chi connectivity index (χ1n) is 4.57. The van der Waals surface area contributed by atoms with Crippen LogP contribution in [0.5, 0.6) is 0 Å². The molecule has 2 rings (SSSR count). The highest BCUT2D eigenvalue weighted by atomic mass is 32.1. The summed E-state index contributed by atoms with van der Waals surface area (Å²) in [6, 6.07) is 2.12. The average Bonchev–Trinajstić information content (AvgIpc) is 2.62. The average molecular weight is 195 g/mol. The van der Waals surface area contributed by atoms with E-state index in [1.807, 2.05) is 6.92 Å². The Morgan fingerprint density at radius 1 is 1.62 bits per heavy atom. The van der Waals surface area contributed by atoms with Gasteiger partial charge in [-0.15, -0.1) is 0 Å². The van der Waals surface area contributed by atoms with Crippen molar-refractivity contribution < 1.29 is 4.79 Å². The fourth-order valence-corrected chi connectivity index (χ4v) is 2.35. The van der Waals surface area contributed by atoms with E-state index in [-0.39, 0.29) is 5.92 Å². The molecule has 1 aliphatic rings. The number of anilines is 1. The second-order valence-electron chi connectivity index (χ2n) is 3.54. The molecule has 0 amide bonds. The van der Waals surface area contributed by atoms with Crippen molar-refractivity contribution >= 4 is 22.8 Å². The van der Waals surface area contributed by atoms with Crippen LogP contribution < -0.4 is 4.90 Å². The van der Waals surface area contributed by atoms with Gasteiger partial charge in [0.2, 0.25) is 0 Å². The van der Waals surface area contributed by atoms with Crippen molar-refractivity contribution in [2.45, 2.75) is 13.3 Å². The zero-order valence-corrected chi connectivity index (χ0v) is 8.51. The molecule has 1 fully saturated rings. The fraction of sp³-hybridized carbons (Fsp3) is 0.500. The van der Waals surface area contributed by atoms with Crippen molar-refractivity contribution in [2.24, 2.45) is 5.92 Å². The van der Waals surface area contributed by atoms with E-state index in [9.17, 15) is 4.79 Å². The van der Waals surface area contributed by atoms with Crippen LogP contribution in [0.3, 0.4) is 0 Å². The van der Waals surface area contributed by atoms with Gasteiger partial charge in [0, 0.05) is 36.5 Å². The van der Waals surface area contributed by atoms with Gasteiger partial charge in [0.25, 0.3) is 0 Å². The summed E-state index contributed by atoms with van der Waals surface area (Å²) >= 11 is 1.71. The van der Waals surface area contributed by atoms with Crippen LogP contribution in [0.15, 0.2) is 16.8 Å². The van der Waals surface area contributed by atoms with Gasteiger partial charge in [-0.3, -0.25) is 4.79 Å². The molecule has 2 heterocycles. The summed E-state index contributed by atoms with van der Waals surface area (Å²) in [5.74, 6) is 0.611. The molecule has 3 heteroatoms. The van der Waals surface area contributed by atoms with E-state index in [2.05, 4.69) is 21.7 Å². The van der Waals surface area contributed by atoms with Gasteiger partial charge in [0.1, 0.15) is 5.78 Å². The smallest absolute Gasteiger partial charge is 0.139 e. The number of thiophene rings is 1. The molecular weight excluding hydrogens is 182 g/mol. The lowest BCUT2D eigenvalue weighted by molar-refractivity contribution is -0.122. The molecule has 0 N–H and O–H groups in total. The highest BCUT2D eigenvalue weighted by Crippen LogP contribution is 2.23. The molecule has 0 spiro atoms. The number of hydrogen-bond donors (Lipinski definition) is 0. The van der Waals surface area contributed by atoms with Gasteiger partial charge in [0.15, 0.2) is 0 Å². The Balaban J connectivity index is 2.07. The molecule has 70 valence electrons. The van der Waals surface area contributed by atoms with Crippen LogP contribution in [-0.4, -0.2) is 18.9 Å². The summed E-state index contributed by atoms with van der Waals surface area (Å²) < 4.78 is 0. The number of Topliss-reactive ketones (excluding diaryl/α,β-unsaturated/α-hetero) is 1. The Kier molecular flexibility index (Phi) is 2.36. The van der Waals surface area contributed by atoms with Crippen molar-refractivity contribution in [3.8, 4) is 0 Å². The summed E-state index contributed by atoms with van der Waals surface area (Å²) in [7, 11) is 0. The van der Waals surface area contributed by atoms with Crippen molar-refractivity contribution in [3.63, 3.8) is 0 Å². The van der Waals surface area contributed by atoms with Crippen molar-refractivity contribution in [2.75, 3.05) is 18.0 Å². The molecule has 1 aromatic rings. The highest BCUT2D eigenvalue weighted by molar-refractivity contribution is 7.08. The van der Waals surface area contributed by atoms with Crippen LogP contribution in [0.4, 0.5) is 5.69 Å². The molecule has 0 saturated carbocycles. The predicted molar refractivity (Wildman–Crippen MR) is 55.3 cm³/mol. The van der Waals surface area contributed by atoms with Gasteiger partial charge in [0.05, 0.1) is 0 Å².